The van der Waals surface area contributed by atoms with E-state index in [1.165, 1.54) is 0 Å². The summed E-state index contributed by atoms with van der Waals surface area (Å²) in [6.07, 6.45) is 2.79. The van der Waals surface area contributed by atoms with Crippen molar-refractivity contribution in [1.82, 2.24) is 0 Å². The molecule has 0 aromatic rings. The molecule has 0 rings (SSSR count). The molecule has 0 aliphatic rings. The Bertz CT molecular complexity index is 113. The number of rotatable bonds is 9. The first-order valence-electron chi connectivity index (χ1n) is 5.49. The van der Waals surface area contributed by atoms with Crippen molar-refractivity contribution in [1.29, 1.82) is 0 Å². The molecule has 0 spiro atoms. The molecular weight excluding hydrogens is 180 g/mol. The largest absolute Gasteiger partial charge is 0.391 e. The number of aliphatic hydroxyl groups is 1. The molecule has 0 aromatic carbocycles. The maximum absolute atomic E-state index is 9.62. The van der Waals surface area contributed by atoms with Gasteiger partial charge in [-0.25, -0.2) is 0 Å². The van der Waals surface area contributed by atoms with Crippen LogP contribution in [0.3, 0.4) is 0 Å². The molecule has 14 heavy (non-hydrogen) atoms. The Morgan fingerprint density at radius 2 is 1.79 bits per heavy atom. The van der Waals surface area contributed by atoms with Crippen LogP contribution >= 0.6 is 0 Å². The standard InChI is InChI=1S/C11H24O3/c1-4-10(5-2)8-11(12)9-14-7-6-13-3/h10-12H,4-9H2,1-3H3. The third kappa shape index (κ3) is 7.30. The second-order valence-electron chi connectivity index (χ2n) is 3.64. The van der Waals surface area contributed by atoms with Gasteiger partial charge < -0.3 is 14.6 Å². The molecule has 0 saturated heterocycles. The molecule has 1 unspecified atom stereocenters. The van der Waals surface area contributed by atoms with Crippen molar-refractivity contribution in [2.75, 3.05) is 26.9 Å². The molecule has 0 radical (unpaired) electrons. The Morgan fingerprint density at radius 3 is 2.29 bits per heavy atom. The average molecular weight is 204 g/mol. The van der Waals surface area contributed by atoms with Crippen molar-refractivity contribution in [3.05, 3.63) is 0 Å². The third-order valence-electron chi connectivity index (χ3n) is 2.50. The number of ether oxygens (including phenoxy) is 2. The Morgan fingerprint density at radius 1 is 1.14 bits per heavy atom. The molecule has 0 amide bonds. The highest BCUT2D eigenvalue weighted by molar-refractivity contribution is 4.62. The summed E-state index contributed by atoms with van der Waals surface area (Å²) in [5, 5.41) is 9.62. The SMILES string of the molecule is CCC(CC)CC(O)COCCOC. The maximum Gasteiger partial charge on any atom is 0.0776 e. The smallest absolute Gasteiger partial charge is 0.0776 e. The molecule has 86 valence electrons. The van der Waals surface area contributed by atoms with Gasteiger partial charge in [-0.3, -0.25) is 0 Å². The summed E-state index contributed by atoms with van der Waals surface area (Å²) in [4.78, 5) is 0. The zero-order chi connectivity index (χ0) is 10.8. The highest BCUT2D eigenvalue weighted by atomic mass is 16.5. The summed E-state index contributed by atoms with van der Waals surface area (Å²) >= 11 is 0. The van der Waals surface area contributed by atoms with Gasteiger partial charge in [0.15, 0.2) is 0 Å². The fraction of sp³-hybridized carbons (Fsp3) is 1.00. The minimum absolute atomic E-state index is 0.322. The van der Waals surface area contributed by atoms with E-state index in [9.17, 15) is 5.11 Å². The predicted octanol–water partition coefficient (Wildman–Crippen LogP) is 1.84. The number of aliphatic hydroxyl groups excluding tert-OH is 1. The van der Waals surface area contributed by atoms with E-state index in [1.807, 2.05) is 0 Å². The fourth-order valence-corrected chi connectivity index (χ4v) is 1.44. The minimum Gasteiger partial charge on any atom is -0.391 e. The van der Waals surface area contributed by atoms with Gasteiger partial charge in [0, 0.05) is 7.11 Å². The maximum atomic E-state index is 9.62. The molecule has 0 heterocycles. The number of hydrogen-bond donors (Lipinski definition) is 1. The van der Waals surface area contributed by atoms with Gasteiger partial charge in [0.1, 0.15) is 0 Å². The van der Waals surface area contributed by atoms with Crippen LogP contribution in [-0.2, 0) is 9.47 Å². The zero-order valence-electron chi connectivity index (χ0n) is 9.66. The normalized spacial score (nSPS) is 13.5. The van der Waals surface area contributed by atoms with Gasteiger partial charge in [0.05, 0.1) is 25.9 Å². The van der Waals surface area contributed by atoms with Crippen molar-refractivity contribution in [3.63, 3.8) is 0 Å². The van der Waals surface area contributed by atoms with E-state index >= 15 is 0 Å². The van der Waals surface area contributed by atoms with Crippen molar-refractivity contribution in [2.24, 2.45) is 5.92 Å². The Hall–Kier alpha value is -0.120. The summed E-state index contributed by atoms with van der Waals surface area (Å²) in [6, 6.07) is 0. The Kier molecular flexibility index (Phi) is 9.35. The molecule has 0 bridgehead atoms. The molecule has 0 saturated carbocycles. The Balaban J connectivity index is 3.38. The van der Waals surface area contributed by atoms with E-state index < -0.39 is 0 Å². The van der Waals surface area contributed by atoms with E-state index in [1.54, 1.807) is 7.11 Å². The van der Waals surface area contributed by atoms with Crippen LogP contribution in [0.5, 0.6) is 0 Å². The lowest BCUT2D eigenvalue weighted by atomic mass is 9.96. The van der Waals surface area contributed by atoms with Crippen LogP contribution in [0.4, 0.5) is 0 Å². The monoisotopic (exact) mass is 204 g/mol. The van der Waals surface area contributed by atoms with Gasteiger partial charge in [-0.15, -0.1) is 0 Å². The Labute approximate surface area is 87.4 Å². The van der Waals surface area contributed by atoms with Crippen molar-refractivity contribution in [2.45, 2.75) is 39.2 Å². The highest BCUT2D eigenvalue weighted by Gasteiger charge is 2.11. The fourth-order valence-electron chi connectivity index (χ4n) is 1.44. The van der Waals surface area contributed by atoms with E-state index in [-0.39, 0.29) is 6.10 Å². The lowest BCUT2D eigenvalue weighted by Gasteiger charge is -2.17. The van der Waals surface area contributed by atoms with Crippen LogP contribution in [0.2, 0.25) is 0 Å². The summed E-state index contributed by atoms with van der Waals surface area (Å²) in [5.74, 6) is 0.621. The lowest BCUT2D eigenvalue weighted by Crippen LogP contribution is -2.20. The van der Waals surface area contributed by atoms with E-state index in [0.717, 1.165) is 19.3 Å². The van der Waals surface area contributed by atoms with Crippen molar-refractivity contribution >= 4 is 0 Å². The zero-order valence-corrected chi connectivity index (χ0v) is 9.66. The summed E-state index contributed by atoms with van der Waals surface area (Å²) in [5.41, 5.74) is 0. The molecule has 0 fully saturated rings. The van der Waals surface area contributed by atoms with Crippen LogP contribution < -0.4 is 0 Å². The molecule has 3 heteroatoms. The van der Waals surface area contributed by atoms with E-state index in [4.69, 9.17) is 9.47 Å². The van der Waals surface area contributed by atoms with Gasteiger partial charge >= 0.3 is 0 Å². The topological polar surface area (TPSA) is 38.7 Å². The quantitative estimate of drug-likeness (QED) is 0.582. The second kappa shape index (κ2) is 9.44. The van der Waals surface area contributed by atoms with Crippen LogP contribution in [-0.4, -0.2) is 38.1 Å². The van der Waals surface area contributed by atoms with Crippen LogP contribution in [0, 0.1) is 5.92 Å². The van der Waals surface area contributed by atoms with E-state index in [2.05, 4.69) is 13.8 Å². The summed E-state index contributed by atoms with van der Waals surface area (Å²) in [7, 11) is 1.64. The van der Waals surface area contributed by atoms with Crippen LogP contribution in [0.15, 0.2) is 0 Å². The first-order chi connectivity index (χ1) is 6.74. The molecule has 1 atom stereocenters. The third-order valence-corrected chi connectivity index (χ3v) is 2.50. The first-order valence-corrected chi connectivity index (χ1v) is 5.49. The van der Waals surface area contributed by atoms with Crippen LogP contribution in [0.1, 0.15) is 33.1 Å². The van der Waals surface area contributed by atoms with Gasteiger partial charge in [-0.2, -0.15) is 0 Å². The predicted molar refractivity (Wildman–Crippen MR) is 57.4 cm³/mol. The first kappa shape index (κ1) is 13.9. The molecule has 0 aliphatic carbocycles. The van der Waals surface area contributed by atoms with Crippen molar-refractivity contribution < 1.29 is 14.6 Å². The lowest BCUT2D eigenvalue weighted by molar-refractivity contribution is 0.00392. The molecule has 1 N–H and O–H groups in total. The minimum atomic E-state index is -0.322. The summed E-state index contributed by atoms with van der Waals surface area (Å²) in [6.45, 7) is 5.91. The van der Waals surface area contributed by atoms with Crippen molar-refractivity contribution in [3.8, 4) is 0 Å². The van der Waals surface area contributed by atoms with Crippen LogP contribution in [0.25, 0.3) is 0 Å². The highest BCUT2D eigenvalue weighted by Crippen LogP contribution is 2.14. The summed E-state index contributed by atoms with van der Waals surface area (Å²) < 4.78 is 10.1. The molecular formula is C11H24O3. The van der Waals surface area contributed by atoms with Gasteiger partial charge in [-0.05, 0) is 12.3 Å². The second-order valence-corrected chi connectivity index (χ2v) is 3.64. The number of hydrogen-bond acceptors (Lipinski definition) is 3. The van der Waals surface area contributed by atoms with Gasteiger partial charge in [0.2, 0.25) is 0 Å². The average Bonchev–Trinajstić information content (AvgIpc) is 2.21. The molecule has 3 nitrogen and oxygen atoms in total. The number of methoxy groups -OCH3 is 1. The van der Waals surface area contributed by atoms with Gasteiger partial charge in [0.25, 0.3) is 0 Å². The molecule has 0 aromatic heterocycles. The molecule has 0 aliphatic heterocycles. The van der Waals surface area contributed by atoms with Gasteiger partial charge in [-0.1, -0.05) is 26.7 Å². The van der Waals surface area contributed by atoms with E-state index in [0.29, 0.717) is 25.7 Å².